The lowest BCUT2D eigenvalue weighted by Gasteiger charge is -2.26. The maximum atomic E-state index is 5.49. The van der Waals surface area contributed by atoms with E-state index < -0.39 is 0 Å². The van der Waals surface area contributed by atoms with Crippen molar-refractivity contribution in [1.29, 1.82) is 0 Å². The first kappa shape index (κ1) is 9.99. The molecule has 2 aliphatic heterocycles. The zero-order valence-electron chi connectivity index (χ0n) is 8.58. The molecule has 2 atom stereocenters. The quantitative estimate of drug-likeness (QED) is 0.742. The van der Waals surface area contributed by atoms with E-state index in [2.05, 4.69) is 11.4 Å². The van der Waals surface area contributed by atoms with Gasteiger partial charge in [0.25, 0.3) is 0 Å². The van der Waals surface area contributed by atoms with Crippen LogP contribution in [-0.4, -0.2) is 31.9 Å². The SMILES string of the molecule is C1=COC(CNC2CCCOC2)CC1. The van der Waals surface area contributed by atoms with E-state index in [1.807, 2.05) is 6.26 Å². The van der Waals surface area contributed by atoms with Gasteiger partial charge in [-0.2, -0.15) is 0 Å². The van der Waals surface area contributed by atoms with Gasteiger partial charge >= 0.3 is 0 Å². The fraction of sp³-hybridized carbons (Fsp3) is 0.818. The monoisotopic (exact) mass is 197 g/mol. The van der Waals surface area contributed by atoms with Crippen molar-refractivity contribution < 1.29 is 9.47 Å². The van der Waals surface area contributed by atoms with E-state index in [0.717, 1.165) is 32.6 Å². The van der Waals surface area contributed by atoms with Crippen LogP contribution < -0.4 is 5.32 Å². The van der Waals surface area contributed by atoms with Crippen LogP contribution in [0.5, 0.6) is 0 Å². The number of hydrogen-bond acceptors (Lipinski definition) is 3. The zero-order valence-corrected chi connectivity index (χ0v) is 8.58. The second kappa shape index (κ2) is 5.37. The van der Waals surface area contributed by atoms with E-state index in [-0.39, 0.29) is 0 Å². The summed E-state index contributed by atoms with van der Waals surface area (Å²) in [5, 5.41) is 3.51. The van der Waals surface area contributed by atoms with Gasteiger partial charge in [0.15, 0.2) is 0 Å². The van der Waals surface area contributed by atoms with E-state index >= 15 is 0 Å². The van der Waals surface area contributed by atoms with Gasteiger partial charge in [0.05, 0.1) is 12.9 Å². The Morgan fingerprint density at radius 1 is 1.36 bits per heavy atom. The Kier molecular flexibility index (Phi) is 3.83. The van der Waals surface area contributed by atoms with Gasteiger partial charge in [-0.05, 0) is 31.8 Å². The fourth-order valence-electron chi connectivity index (χ4n) is 1.93. The minimum absolute atomic E-state index is 0.363. The molecule has 0 aromatic carbocycles. The summed E-state index contributed by atoms with van der Waals surface area (Å²) in [5.41, 5.74) is 0. The van der Waals surface area contributed by atoms with Gasteiger partial charge < -0.3 is 14.8 Å². The highest BCUT2D eigenvalue weighted by Crippen LogP contribution is 2.11. The summed E-state index contributed by atoms with van der Waals surface area (Å²) in [6.07, 6.45) is 8.98. The standard InChI is InChI=1S/C11H19NO2/c1-2-7-14-11(5-1)8-12-10-4-3-6-13-9-10/h2,7,10-12H,1,3-6,8-9H2. The van der Waals surface area contributed by atoms with Crippen molar-refractivity contribution in [2.24, 2.45) is 0 Å². The van der Waals surface area contributed by atoms with Crippen LogP contribution in [0, 0.1) is 0 Å². The first-order valence-corrected chi connectivity index (χ1v) is 5.57. The van der Waals surface area contributed by atoms with Gasteiger partial charge in [-0.1, -0.05) is 0 Å². The largest absolute Gasteiger partial charge is 0.497 e. The molecule has 0 bridgehead atoms. The molecule has 0 radical (unpaired) electrons. The van der Waals surface area contributed by atoms with E-state index in [0.29, 0.717) is 12.1 Å². The molecule has 80 valence electrons. The third-order valence-corrected chi connectivity index (χ3v) is 2.82. The lowest BCUT2D eigenvalue weighted by Crippen LogP contribution is -2.41. The minimum Gasteiger partial charge on any atom is -0.497 e. The lowest BCUT2D eigenvalue weighted by atomic mass is 10.1. The summed E-state index contributed by atoms with van der Waals surface area (Å²) < 4.78 is 10.9. The van der Waals surface area contributed by atoms with Crippen LogP contribution >= 0.6 is 0 Å². The van der Waals surface area contributed by atoms with Gasteiger partial charge in [-0.15, -0.1) is 0 Å². The molecule has 1 fully saturated rings. The van der Waals surface area contributed by atoms with E-state index in [9.17, 15) is 0 Å². The highest BCUT2D eigenvalue weighted by molar-refractivity contribution is 4.84. The van der Waals surface area contributed by atoms with Crippen molar-refractivity contribution in [2.45, 2.75) is 37.8 Å². The van der Waals surface area contributed by atoms with E-state index in [1.54, 1.807) is 0 Å². The first-order valence-electron chi connectivity index (χ1n) is 5.57. The molecule has 0 spiro atoms. The van der Waals surface area contributed by atoms with Gasteiger partial charge in [0.2, 0.25) is 0 Å². The Morgan fingerprint density at radius 2 is 2.36 bits per heavy atom. The first-order chi connectivity index (χ1) is 6.95. The maximum absolute atomic E-state index is 5.49. The smallest absolute Gasteiger partial charge is 0.110 e. The number of hydrogen-bond donors (Lipinski definition) is 1. The topological polar surface area (TPSA) is 30.5 Å². The number of nitrogens with one attached hydrogen (secondary N) is 1. The Morgan fingerprint density at radius 3 is 3.07 bits per heavy atom. The highest BCUT2D eigenvalue weighted by Gasteiger charge is 2.16. The molecule has 14 heavy (non-hydrogen) atoms. The summed E-state index contributed by atoms with van der Waals surface area (Å²) in [7, 11) is 0. The van der Waals surface area contributed by atoms with Crippen molar-refractivity contribution in [1.82, 2.24) is 5.32 Å². The highest BCUT2D eigenvalue weighted by atomic mass is 16.5. The van der Waals surface area contributed by atoms with Crippen LogP contribution in [0.4, 0.5) is 0 Å². The second-order valence-electron chi connectivity index (χ2n) is 4.03. The van der Waals surface area contributed by atoms with Crippen molar-refractivity contribution in [2.75, 3.05) is 19.8 Å². The predicted molar refractivity (Wildman–Crippen MR) is 55.1 cm³/mol. The zero-order chi connectivity index (χ0) is 9.64. The summed E-state index contributed by atoms with van der Waals surface area (Å²) >= 11 is 0. The van der Waals surface area contributed by atoms with Gasteiger partial charge in [-0.25, -0.2) is 0 Å². The van der Waals surface area contributed by atoms with Crippen molar-refractivity contribution in [3.8, 4) is 0 Å². The summed E-state index contributed by atoms with van der Waals surface area (Å²) in [4.78, 5) is 0. The molecule has 3 nitrogen and oxygen atoms in total. The van der Waals surface area contributed by atoms with Crippen LogP contribution in [0.3, 0.4) is 0 Å². The molecule has 0 aromatic heterocycles. The average molecular weight is 197 g/mol. The molecular formula is C11H19NO2. The maximum Gasteiger partial charge on any atom is 0.110 e. The van der Waals surface area contributed by atoms with Crippen LogP contribution in [0.15, 0.2) is 12.3 Å². The van der Waals surface area contributed by atoms with Crippen molar-refractivity contribution in [3.63, 3.8) is 0 Å². The van der Waals surface area contributed by atoms with Crippen LogP contribution in [0.1, 0.15) is 25.7 Å². The molecule has 3 heteroatoms. The number of ether oxygens (including phenoxy) is 2. The summed E-state index contributed by atoms with van der Waals surface area (Å²) in [5.74, 6) is 0. The molecular weight excluding hydrogens is 178 g/mol. The Hall–Kier alpha value is -0.540. The van der Waals surface area contributed by atoms with Crippen molar-refractivity contribution in [3.05, 3.63) is 12.3 Å². The molecule has 1 N–H and O–H groups in total. The van der Waals surface area contributed by atoms with Crippen LogP contribution in [0.25, 0.3) is 0 Å². The Labute approximate surface area is 85.5 Å². The van der Waals surface area contributed by atoms with E-state index in [4.69, 9.17) is 9.47 Å². The Balaban J connectivity index is 1.63. The average Bonchev–Trinajstić information content (AvgIpc) is 2.29. The Bertz CT molecular complexity index is 188. The molecule has 0 aliphatic carbocycles. The van der Waals surface area contributed by atoms with Crippen LogP contribution in [0.2, 0.25) is 0 Å². The lowest BCUT2D eigenvalue weighted by molar-refractivity contribution is 0.0595. The molecule has 0 saturated carbocycles. The molecule has 2 heterocycles. The third-order valence-electron chi connectivity index (χ3n) is 2.82. The molecule has 2 aliphatic rings. The second-order valence-corrected chi connectivity index (χ2v) is 4.03. The number of allylic oxidation sites excluding steroid dienone is 1. The van der Waals surface area contributed by atoms with Gasteiger partial charge in [0.1, 0.15) is 6.10 Å². The van der Waals surface area contributed by atoms with Gasteiger partial charge in [-0.3, -0.25) is 0 Å². The predicted octanol–water partition coefficient (Wildman–Crippen LogP) is 1.45. The normalized spacial score (nSPS) is 32.6. The molecule has 1 saturated heterocycles. The fourth-order valence-corrected chi connectivity index (χ4v) is 1.93. The van der Waals surface area contributed by atoms with Crippen LogP contribution in [-0.2, 0) is 9.47 Å². The minimum atomic E-state index is 0.363. The third kappa shape index (κ3) is 3.00. The van der Waals surface area contributed by atoms with E-state index in [1.165, 1.54) is 12.8 Å². The summed E-state index contributed by atoms with van der Waals surface area (Å²) in [6, 6.07) is 0.540. The summed E-state index contributed by atoms with van der Waals surface area (Å²) in [6.45, 7) is 2.75. The van der Waals surface area contributed by atoms with Gasteiger partial charge in [0, 0.05) is 19.2 Å². The molecule has 0 amide bonds. The number of rotatable bonds is 3. The molecule has 0 aromatic rings. The molecule has 2 unspecified atom stereocenters. The molecule has 2 rings (SSSR count). The van der Waals surface area contributed by atoms with Crippen molar-refractivity contribution >= 4 is 0 Å².